The van der Waals surface area contributed by atoms with Gasteiger partial charge in [0.25, 0.3) is 10.0 Å². The van der Waals surface area contributed by atoms with Crippen LogP contribution in [0.5, 0.6) is 5.75 Å². The van der Waals surface area contributed by atoms with Gasteiger partial charge < -0.3 is 15.4 Å². The number of allylic oxidation sites excluding steroid dienone is 1. The summed E-state index contributed by atoms with van der Waals surface area (Å²) in [7, 11) is -4.52. The summed E-state index contributed by atoms with van der Waals surface area (Å²) in [6.45, 7) is 2.58. The van der Waals surface area contributed by atoms with Gasteiger partial charge in [-0.25, -0.2) is 8.42 Å². The van der Waals surface area contributed by atoms with Gasteiger partial charge >= 0.3 is 6.36 Å². The molecule has 12 heteroatoms. The zero-order valence-electron chi connectivity index (χ0n) is 14.6. The molecule has 7 nitrogen and oxygen atoms in total. The first-order valence-corrected chi connectivity index (χ1v) is 9.82. The van der Waals surface area contributed by atoms with Crippen molar-refractivity contribution in [2.24, 2.45) is 5.73 Å². The fourth-order valence-electron chi connectivity index (χ4n) is 2.48. The Hall–Kier alpha value is -2.40. The van der Waals surface area contributed by atoms with Crippen LogP contribution in [0.15, 0.2) is 46.6 Å². The van der Waals surface area contributed by atoms with Crippen LogP contribution in [-0.2, 0) is 14.8 Å². The van der Waals surface area contributed by atoms with E-state index in [4.69, 9.17) is 17.3 Å². The first kappa shape index (κ1) is 21.9. The molecule has 0 aromatic heterocycles. The first-order chi connectivity index (χ1) is 12.9. The van der Waals surface area contributed by atoms with E-state index in [0.717, 1.165) is 18.2 Å². The molecule has 2 rings (SSSR count). The summed E-state index contributed by atoms with van der Waals surface area (Å²) in [5.74, 6) is -1.68. The summed E-state index contributed by atoms with van der Waals surface area (Å²) in [5, 5.41) is -0.103. The van der Waals surface area contributed by atoms with Crippen molar-refractivity contribution in [3.05, 3.63) is 46.8 Å². The predicted molar refractivity (Wildman–Crippen MR) is 95.7 cm³/mol. The third-order valence-electron chi connectivity index (χ3n) is 3.53. The largest absolute Gasteiger partial charge is 0.573 e. The third kappa shape index (κ3) is 5.80. The van der Waals surface area contributed by atoms with Gasteiger partial charge in [-0.3, -0.25) is 9.52 Å². The van der Waals surface area contributed by atoms with Gasteiger partial charge in [0.15, 0.2) is 0 Å². The lowest BCUT2D eigenvalue weighted by atomic mass is 10.1. The number of primary amides is 1. The second-order valence-corrected chi connectivity index (χ2v) is 7.92. The number of hydrogen-bond acceptors (Lipinski definition) is 5. The molecule has 1 amide bonds. The molecule has 0 atom stereocenters. The van der Waals surface area contributed by atoms with E-state index in [1.165, 1.54) is 12.3 Å². The molecule has 0 saturated carbocycles. The maximum atomic E-state index is 12.7. The van der Waals surface area contributed by atoms with Gasteiger partial charge in [-0.2, -0.15) is 0 Å². The van der Waals surface area contributed by atoms with E-state index >= 15 is 0 Å². The monoisotopic (exact) mass is 439 g/mol. The number of carbonyl (C=O) groups is 1. The van der Waals surface area contributed by atoms with Crippen LogP contribution >= 0.6 is 11.6 Å². The second-order valence-electron chi connectivity index (χ2n) is 5.83. The normalized spacial score (nSPS) is 15.0. The van der Waals surface area contributed by atoms with Gasteiger partial charge in [0.1, 0.15) is 10.6 Å². The Kier molecular flexibility index (Phi) is 6.50. The van der Waals surface area contributed by atoms with Crippen molar-refractivity contribution >= 4 is 27.5 Å². The Bertz CT molecular complexity index is 930. The minimum absolute atomic E-state index is 0.0357. The lowest BCUT2D eigenvalue weighted by molar-refractivity contribution is -0.275. The van der Waals surface area contributed by atoms with Crippen LogP contribution in [-0.4, -0.2) is 38.7 Å². The number of ether oxygens (including phenoxy) is 1. The molecule has 1 aliphatic rings. The highest BCUT2D eigenvalue weighted by Crippen LogP contribution is 2.32. The first-order valence-electron chi connectivity index (χ1n) is 7.95. The molecule has 0 spiro atoms. The standard InChI is InChI=1S/C16H17ClF3N3O4S/c1-2-5-23-8-10(15(21)24)6-12(9-23)22-28(25,26)14-7-11(17)3-4-13(14)27-16(18,19)20/h3-4,6-7,9,22H,2,5,8H2,1H3,(H2,21,24). The number of benzene rings is 1. The van der Waals surface area contributed by atoms with Crippen LogP contribution in [0.25, 0.3) is 0 Å². The third-order valence-corrected chi connectivity index (χ3v) is 5.16. The average molecular weight is 440 g/mol. The van der Waals surface area contributed by atoms with Crippen LogP contribution in [0, 0.1) is 0 Å². The van der Waals surface area contributed by atoms with Crippen LogP contribution in [0.3, 0.4) is 0 Å². The summed E-state index contributed by atoms with van der Waals surface area (Å²) in [4.78, 5) is 12.4. The molecule has 3 N–H and O–H groups in total. The molecule has 0 aliphatic carbocycles. The number of sulfonamides is 1. The van der Waals surface area contributed by atoms with E-state index in [0.29, 0.717) is 13.0 Å². The van der Waals surface area contributed by atoms with E-state index in [2.05, 4.69) is 9.46 Å². The topological polar surface area (TPSA) is 102 Å². The predicted octanol–water partition coefficient (Wildman–Crippen LogP) is 2.50. The lowest BCUT2D eigenvalue weighted by Crippen LogP contribution is -2.34. The van der Waals surface area contributed by atoms with E-state index in [1.54, 1.807) is 4.90 Å². The fraction of sp³-hybridized carbons (Fsp3) is 0.312. The van der Waals surface area contributed by atoms with Crippen molar-refractivity contribution in [3.8, 4) is 5.75 Å². The highest BCUT2D eigenvalue weighted by Gasteiger charge is 2.34. The van der Waals surface area contributed by atoms with Crippen molar-refractivity contribution in [1.29, 1.82) is 0 Å². The molecular weight excluding hydrogens is 423 g/mol. The summed E-state index contributed by atoms with van der Waals surface area (Å²) in [6, 6.07) is 2.69. The van der Waals surface area contributed by atoms with Gasteiger partial charge in [0.05, 0.1) is 5.70 Å². The smallest absolute Gasteiger partial charge is 0.404 e. The highest BCUT2D eigenvalue weighted by molar-refractivity contribution is 7.89. The molecule has 1 aromatic carbocycles. The van der Waals surface area contributed by atoms with Crippen LogP contribution in [0.1, 0.15) is 13.3 Å². The minimum atomic E-state index is -5.10. The van der Waals surface area contributed by atoms with Crippen molar-refractivity contribution < 1.29 is 31.1 Å². The van der Waals surface area contributed by atoms with Crippen molar-refractivity contribution in [2.75, 3.05) is 13.1 Å². The van der Waals surface area contributed by atoms with Gasteiger partial charge in [-0.05, 0) is 30.7 Å². The molecule has 0 bridgehead atoms. The number of nitrogens with one attached hydrogen (secondary N) is 1. The zero-order valence-corrected chi connectivity index (χ0v) is 16.2. The molecule has 28 heavy (non-hydrogen) atoms. The highest BCUT2D eigenvalue weighted by atomic mass is 35.5. The SMILES string of the molecule is CCCN1C=C(NS(=O)(=O)c2cc(Cl)ccc2OC(F)(F)F)C=C(C(N)=O)C1. The molecule has 154 valence electrons. The van der Waals surface area contributed by atoms with Gasteiger partial charge in [0, 0.05) is 29.9 Å². The van der Waals surface area contributed by atoms with E-state index < -0.39 is 32.9 Å². The van der Waals surface area contributed by atoms with Crippen molar-refractivity contribution in [3.63, 3.8) is 0 Å². The summed E-state index contributed by atoms with van der Waals surface area (Å²) in [6.07, 6.45) is -1.73. The number of nitrogens with zero attached hydrogens (tertiary/aromatic N) is 1. The zero-order chi connectivity index (χ0) is 21.1. The molecular formula is C16H17ClF3N3O4S. The van der Waals surface area contributed by atoms with Gasteiger partial charge in [-0.15, -0.1) is 13.2 Å². The Labute approximate surface area is 164 Å². The van der Waals surface area contributed by atoms with E-state index in [9.17, 15) is 26.4 Å². The summed E-state index contributed by atoms with van der Waals surface area (Å²) in [5.41, 5.74) is 5.38. The van der Waals surface area contributed by atoms with Crippen LogP contribution in [0.2, 0.25) is 5.02 Å². The number of amides is 1. The molecule has 0 fully saturated rings. The lowest BCUT2D eigenvalue weighted by Gasteiger charge is -2.26. The maximum absolute atomic E-state index is 12.7. The van der Waals surface area contributed by atoms with Gasteiger partial charge in [0.2, 0.25) is 5.91 Å². The summed E-state index contributed by atoms with van der Waals surface area (Å²) >= 11 is 5.74. The fourth-order valence-corrected chi connectivity index (χ4v) is 3.90. The number of carbonyl (C=O) groups excluding carboxylic acids is 1. The van der Waals surface area contributed by atoms with Crippen molar-refractivity contribution in [2.45, 2.75) is 24.6 Å². The second kappa shape index (κ2) is 8.31. The number of nitrogens with two attached hydrogens (primary N) is 1. The number of rotatable bonds is 7. The quantitative estimate of drug-likeness (QED) is 0.679. The van der Waals surface area contributed by atoms with E-state index in [1.807, 2.05) is 6.92 Å². The molecule has 0 saturated heterocycles. The molecule has 1 aromatic rings. The molecule has 1 heterocycles. The maximum Gasteiger partial charge on any atom is 0.573 e. The average Bonchev–Trinajstić information content (AvgIpc) is 2.54. The summed E-state index contributed by atoms with van der Waals surface area (Å²) < 4.78 is 69.1. The Balaban J connectivity index is 2.42. The number of alkyl halides is 3. The number of hydrogen-bond donors (Lipinski definition) is 2. The van der Waals surface area contributed by atoms with E-state index in [-0.39, 0.29) is 22.8 Å². The molecule has 1 aliphatic heterocycles. The van der Waals surface area contributed by atoms with Crippen LogP contribution < -0.4 is 15.2 Å². The number of halogens is 4. The molecule has 0 unspecified atom stereocenters. The van der Waals surface area contributed by atoms with Gasteiger partial charge in [-0.1, -0.05) is 18.5 Å². The Morgan fingerprint density at radius 3 is 2.64 bits per heavy atom. The minimum Gasteiger partial charge on any atom is -0.404 e. The Morgan fingerprint density at radius 2 is 2.07 bits per heavy atom. The Morgan fingerprint density at radius 1 is 1.39 bits per heavy atom. The van der Waals surface area contributed by atoms with Crippen LogP contribution in [0.4, 0.5) is 13.2 Å². The van der Waals surface area contributed by atoms with Crippen molar-refractivity contribution in [1.82, 2.24) is 9.62 Å². The molecule has 0 radical (unpaired) electrons.